The van der Waals surface area contributed by atoms with Gasteiger partial charge < -0.3 is 5.32 Å². The molecule has 0 aliphatic carbocycles. The molecular weight excluding hydrogens is 392 g/mol. The molecule has 5 nitrogen and oxygen atoms in total. The van der Waals surface area contributed by atoms with E-state index >= 15 is 0 Å². The van der Waals surface area contributed by atoms with E-state index in [4.69, 9.17) is 0 Å². The van der Waals surface area contributed by atoms with Crippen LogP contribution in [0.1, 0.15) is 31.1 Å². The van der Waals surface area contributed by atoms with Gasteiger partial charge in [-0.25, -0.2) is 13.1 Å². The Morgan fingerprint density at radius 1 is 0.958 bits per heavy atom. The summed E-state index contributed by atoms with van der Waals surface area (Å²) in [5.74, 6) is -0.301. The fourth-order valence-corrected chi connectivity index (χ4v) is 3.67. The van der Waals surface area contributed by atoms with Crippen LogP contribution in [0.5, 0.6) is 0 Å². The number of rotatable bonds is 4. The van der Waals surface area contributed by atoms with Gasteiger partial charge in [0.2, 0.25) is 10.0 Å². The first-order valence-corrected chi connectivity index (χ1v) is 9.55. The van der Waals surface area contributed by atoms with Gasteiger partial charge in [0.15, 0.2) is 0 Å². The second-order valence-corrected chi connectivity index (χ2v) is 8.94. The number of halogens is 1. The quantitative estimate of drug-likeness (QED) is 0.804. The second kappa shape index (κ2) is 7.04. The zero-order valence-electron chi connectivity index (χ0n) is 13.6. The van der Waals surface area contributed by atoms with Crippen LogP contribution < -0.4 is 10.0 Å². The van der Waals surface area contributed by atoms with Gasteiger partial charge in [0, 0.05) is 21.3 Å². The summed E-state index contributed by atoms with van der Waals surface area (Å²) < 4.78 is 28.0. The van der Waals surface area contributed by atoms with Crippen LogP contribution in [-0.2, 0) is 10.0 Å². The molecule has 0 spiro atoms. The molecule has 2 aromatic carbocycles. The van der Waals surface area contributed by atoms with Crippen LogP contribution in [0.2, 0.25) is 0 Å². The SMILES string of the molecule is CC(C)(C)NS(=O)(=O)c1ccc(C(=O)Nc2ccc(Br)cc2)cc1. The number of carbonyl (C=O) groups excluding carboxylic acids is 1. The molecule has 0 radical (unpaired) electrons. The molecule has 0 heterocycles. The molecule has 7 heteroatoms. The summed E-state index contributed by atoms with van der Waals surface area (Å²) in [4.78, 5) is 12.3. The average molecular weight is 411 g/mol. The van der Waals surface area contributed by atoms with Crippen molar-refractivity contribution in [2.75, 3.05) is 5.32 Å². The van der Waals surface area contributed by atoms with Crippen LogP contribution in [-0.4, -0.2) is 19.9 Å². The van der Waals surface area contributed by atoms with Gasteiger partial charge in [-0.15, -0.1) is 0 Å². The smallest absolute Gasteiger partial charge is 0.255 e. The van der Waals surface area contributed by atoms with E-state index in [1.54, 1.807) is 32.9 Å². The Kier molecular flexibility index (Phi) is 5.47. The highest BCUT2D eigenvalue weighted by atomic mass is 79.9. The summed E-state index contributed by atoms with van der Waals surface area (Å²) in [6.45, 7) is 5.31. The third-order valence-corrected chi connectivity index (χ3v) is 5.27. The van der Waals surface area contributed by atoms with E-state index in [2.05, 4.69) is 26.0 Å². The van der Waals surface area contributed by atoms with Crippen molar-refractivity contribution in [1.29, 1.82) is 0 Å². The topological polar surface area (TPSA) is 75.3 Å². The van der Waals surface area contributed by atoms with E-state index in [9.17, 15) is 13.2 Å². The zero-order chi connectivity index (χ0) is 18.0. The first-order valence-electron chi connectivity index (χ1n) is 7.28. The predicted octanol–water partition coefficient (Wildman–Crippen LogP) is 3.78. The van der Waals surface area contributed by atoms with Crippen LogP contribution in [0.25, 0.3) is 0 Å². The van der Waals surface area contributed by atoms with Crippen LogP contribution >= 0.6 is 15.9 Å². The summed E-state index contributed by atoms with van der Waals surface area (Å²) in [6.07, 6.45) is 0. The van der Waals surface area contributed by atoms with Gasteiger partial charge in [0.1, 0.15) is 0 Å². The molecule has 24 heavy (non-hydrogen) atoms. The number of hydrogen-bond acceptors (Lipinski definition) is 3. The van der Waals surface area contributed by atoms with Crippen molar-refractivity contribution in [2.45, 2.75) is 31.2 Å². The standard InChI is InChI=1S/C17H19BrN2O3S/c1-17(2,3)20-24(22,23)15-10-4-12(5-11-15)16(21)19-14-8-6-13(18)7-9-14/h4-11,20H,1-3H3,(H,19,21). The lowest BCUT2D eigenvalue weighted by molar-refractivity contribution is 0.102. The molecule has 0 saturated carbocycles. The fourth-order valence-electron chi connectivity index (χ4n) is 1.98. The summed E-state index contributed by atoms with van der Waals surface area (Å²) in [5.41, 5.74) is 0.470. The van der Waals surface area contributed by atoms with E-state index in [1.165, 1.54) is 24.3 Å². The largest absolute Gasteiger partial charge is 0.322 e. The Hall–Kier alpha value is -1.70. The summed E-state index contributed by atoms with van der Waals surface area (Å²) in [5, 5.41) is 2.76. The normalized spacial score (nSPS) is 12.0. The monoisotopic (exact) mass is 410 g/mol. The van der Waals surface area contributed by atoms with E-state index in [0.717, 1.165) is 4.47 Å². The number of benzene rings is 2. The molecule has 128 valence electrons. The highest BCUT2D eigenvalue weighted by Crippen LogP contribution is 2.17. The van der Waals surface area contributed by atoms with Crippen LogP contribution in [0.15, 0.2) is 57.9 Å². The van der Waals surface area contributed by atoms with E-state index in [1.807, 2.05) is 12.1 Å². The van der Waals surface area contributed by atoms with Crippen LogP contribution in [0, 0.1) is 0 Å². The number of amides is 1. The van der Waals surface area contributed by atoms with Gasteiger partial charge in [0.05, 0.1) is 4.90 Å². The first kappa shape index (κ1) is 18.6. The minimum atomic E-state index is -3.61. The zero-order valence-corrected chi connectivity index (χ0v) is 16.0. The molecule has 0 saturated heterocycles. The molecule has 0 aliphatic rings. The third-order valence-electron chi connectivity index (χ3n) is 2.97. The predicted molar refractivity (Wildman–Crippen MR) is 98.6 cm³/mol. The summed E-state index contributed by atoms with van der Waals surface area (Å²) >= 11 is 3.33. The van der Waals surface area contributed by atoms with Crippen molar-refractivity contribution in [1.82, 2.24) is 4.72 Å². The number of hydrogen-bond donors (Lipinski definition) is 2. The lowest BCUT2D eigenvalue weighted by Crippen LogP contribution is -2.40. The van der Waals surface area contributed by atoms with Gasteiger partial charge in [0.25, 0.3) is 5.91 Å². The van der Waals surface area contributed by atoms with Gasteiger partial charge in [-0.05, 0) is 69.3 Å². The highest BCUT2D eigenvalue weighted by molar-refractivity contribution is 9.10. The Bertz CT molecular complexity index is 824. The van der Waals surface area contributed by atoms with E-state index in [0.29, 0.717) is 11.3 Å². The van der Waals surface area contributed by atoms with Crippen molar-refractivity contribution in [2.24, 2.45) is 0 Å². The molecule has 0 bridgehead atoms. The minimum absolute atomic E-state index is 0.123. The van der Waals surface area contributed by atoms with Gasteiger partial charge >= 0.3 is 0 Å². The number of nitrogens with one attached hydrogen (secondary N) is 2. The van der Waals surface area contributed by atoms with Gasteiger partial charge in [-0.1, -0.05) is 15.9 Å². The molecule has 0 aliphatic heterocycles. The maximum absolute atomic E-state index is 12.2. The fraction of sp³-hybridized carbons (Fsp3) is 0.235. The van der Waals surface area contributed by atoms with Crippen molar-refractivity contribution >= 4 is 37.5 Å². The average Bonchev–Trinajstić information content (AvgIpc) is 2.47. The molecule has 0 aromatic heterocycles. The van der Waals surface area contributed by atoms with Gasteiger partial charge in [-0.2, -0.15) is 0 Å². The molecule has 0 atom stereocenters. The number of carbonyl (C=O) groups is 1. The highest BCUT2D eigenvalue weighted by Gasteiger charge is 2.22. The van der Waals surface area contributed by atoms with Crippen molar-refractivity contribution in [3.8, 4) is 0 Å². The third kappa shape index (κ3) is 5.15. The Morgan fingerprint density at radius 3 is 2.00 bits per heavy atom. The lowest BCUT2D eigenvalue weighted by Gasteiger charge is -2.20. The Balaban J connectivity index is 2.14. The van der Waals surface area contributed by atoms with Crippen molar-refractivity contribution in [3.05, 3.63) is 58.6 Å². The molecule has 0 unspecified atom stereocenters. The number of sulfonamides is 1. The molecule has 2 aromatic rings. The Morgan fingerprint density at radius 2 is 1.50 bits per heavy atom. The molecule has 2 rings (SSSR count). The molecule has 0 fully saturated rings. The van der Waals surface area contributed by atoms with E-state index in [-0.39, 0.29) is 10.8 Å². The molecule has 2 N–H and O–H groups in total. The van der Waals surface area contributed by atoms with Gasteiger partial charge in [-0.3, -0.25) is 4.79 Å². The molecule has 1 amide bonds. The minimum Gasteiger partial charge on any atom is -0.322 e. The van der Waals surface area contributed by atoms with Crippen molar-refractivity contribution < 1.29 is 13.2 Å². The van der Waals surface area contributed by atoms with Crippen LogP contribution in [0.4, 0.5) is 5.69 Å². The second-order valence-electron chi connectivity index (χ2n) is 6.34. The summed E-state index contributed by atoms with van der Waals surface area (Å²) in [6, 6.07) is 13.0. The molecular formula is C17H19BrN2O3S. The maximum Gasteiger partial charge on any atom is 0.255 e. The van der Waals surface area contributed by atoms with E-state index < -0.39 is 15.6 Å². The van der Waals surface area contributed by atoms with Crippen molar-refractivity contribution in [3.63, 3.8) is 0 Å². The Labute approximate surface area is 150 Å². The lowest BCUT2D eigenvalue weighted by atomic mass is 10.1. The maximum atomic E-state index is 12.2. The number of anilines is 1. The van der Waals surface area contributed by atoms with Crippen LogP contribution in [0.3, 0.4) is 0 Å². The summed E-state index contributed by atoms with van der Waals surface area (Å²) in [7, 11) is -3.61. The first-order chi connectivity index (χ1) is 11.1.